The number of nitrogens with zero attached hydrogens (tertiary/aromatic N) is 1. The first-order valence-corrected chi connectivity index (χ1v) is 7.56. The van der Waals surface area contributed by atoms with Crippen molar-refractivity contribution in [2.45, 2.75) is 43.4 Å². The fourth-order valence-corrected chi connectivity index (χ4v) is 3.70. The van der Waals surface area contributed by atoms with E-state index < -0.39 is 0 Å². The molecular weight excluding hydrogens is 252 g/mol. The number of rotatable bonds is 2. The average Bonchev–Trinajstić information content (AvgIpc) is 3.22. The Morgan fingerprint density at radius 1 is 1.40 bits per heavy atom. The first kappa shape index (κ1) is 12.5. The van der Waals surface area contributed by atoms with E-state index in [4.69, 9.17) is 15.2 Å². The zero-order valence-electron chi connectivity index (χ0n) is 12.0. The predicted molar refractivity (Wildman–Crippen MR) is 77.1 cm³/mol. The molecule has 20 heavy (non-hydrogen) atoms. The number of hydrogen-bond acceptors (Lipinski definition) is 4. The highest BCUT2D eigenvalue weighted by molar-refractivity contribution is 5.44. The third-order valence-electron chi connectivity index (χ3n) is 4.95. The molecule has 2 N–H and O–H groups in total. The summed E-state index contributed by atoms with van der Waals surface area (Å²) < 4.78 is 11.7. The molecule has 1 aromatic rings. The van der Waals surface area contributed by atoms with E-state index in [-0.39, 0.29) is 11.6 Å². The molecule has 2 heterocycles. The van der Waals surface area contributed by atoms with Gasteiger partial charge in [0, 0.05) is 49.6 Å². The van der Waals surface area contributed by atoms with Crippen LogP contribution in [-0.2, 0) is 0 Å². The van der Waals surface area contributed by atoms with Crippen molar-refractivity contribution in [3.63, 3.8) is 0 Å². The molecule has 1 saturated heterocycles. The summed E-state index contributed by atoms with van der Waals surface area (Å²) in [6.07, 6.45) is 4.72. The van der Waals surface area contributed by atoms with E-state index in [0.29, 0.717) is 0 Å². The molecule has 1 saturated carbocycles. The highest BCUT2D eigenvalue weighted by Gasteiger charge is 2.48. The van der Waals surface area contributed by atoms with Crippen LogP contribution in [0.2, 0.25) is 0 Å². The molecule has 2 aliphatic heterocycles. The van der Waals surface area contributed by atoms with Crippen LogP contribution in [0.5, 0.6) is 11.5 Å². The summed E-state index contributed by atoms with van der Waals surface area (Å²) in [7, 11) is 1.69. The molecule has 0 aromatic heterocycles. The highest BCUT2D eigenvalue weighted by Crippen LogP contribution is 2.45. The Balaban J connectivity index is 1.62. The van der Waals surface area contributed by atoms with Crippen molar-refractivity contribution in [2.75, 3.05) is 20.2 Å². The molecule has 0 radical (unpaired) electrons. The molecule has 1 aliphatic carbocycles. The van der Waals surface area contributed by atoms with E-state index in [0.717, 1.165) is 49.0 Å². The van der Waals surface area contributed by atoms with Crippen LogP contribution >= 0.6 is 0 Å². The highest BCUT2D eigenvalue weighted by atomic mass is 16.5. The van der Waals surface area contributed by atoms with Crippen molar-refractivity contribution in [1.82, 2.24) is 4.90 Å². The van der Waals surface area contributed by atoms with Crippen LogP contribution < -0.4 is 15.2 Å². The molecule has 108 valence electrons. The smallest absolute Gasteiger partial charge is 0.128 e. The van der Waals surface area contributed by atoms with Gasteiger partial charge in [0.15, 0.2) is 0 Å². The van der Waals surface area contributed by atoms with Gasteiger partial charge in [-0.2, -0.15) is 0 Å². The lowest BCUT2D eigenvalue weighted by Gasteiger charge is -2.39. The number of fused-ring (bicyclic) bond motifs is 1. The normalized spacial score (nSPS) is 33.0. The van der Waals surface area contributed by atoms with Gasteiger partial charge in [0.05, 0.1) is 7.11 Å². The summed E-state index contributed by atoms with van der Waals surface area (Å²) in [5.74, 6) is 1.76. The summed E-state index contributed by atoms with van der Waals surface area (Å²) >= 11 is 0. The number of benzene rings is 1. The van der Waals surface area contributed by atoms with E-state index in [1.807, 2.05) is 18.2 Å². The number of likely N-dealkylation sites (tertiary alicyclic amines) is 1. The molecule has 1 unspecified atom stereocenters. The first-order valence-electron chi connectivity index (χ1n) is 7.56. The van der Waals surface area contributed by atoms with Crippen molar-refractivity contribution in [3.05, 3.63) is 23.8 Å². The first-order chi connectivity index (χ1) is 9.69. The molecule has 3 aliphatic rings. The largest absolute Gasteiger partial charge is 0.497 e. The second-order valence-electron chi connectivity index (χ2n) is 6.45. The Kier molecular flexibility index (Phi) is 2.72. The summed E-state index contributed by atoms with van der Waals surface area (Å²) in [5.41, 5.74) is 7.42. The second kappa shape index (κ2) is 4.37. The lowest BCUT2D eigenvalue weighted by molar-refractivity contribution is 0.0431. The number of nitrogens with two attached hydrogens (primary N) is 1. The van der Waals surface area contributed by atoms with Crippen molar-refractivity contribution in [3.8, 4) is 11.5 Å². The van der Waals surface area contributed by atoms with E-state index in [1.165, 1.54) is 12.8 Å². The number of hydrogen-bond donors (Lipinski definition) is 1. The zero-order valence-corrected chi connectivity index (χ0v) is 12.0. The predicted octanol–water partition coefficient (Wildman–Crippen LogP) is 2.08. The quantitative estimate of drug-likeness (QED) is 0.897. The summed E-state index contributed by atoms with van der Waals surface area (Å²) in [6.45, 7) is 2.18. The maximum atomic E-state index is 6.40. The van der Waals surface area contributed by atoms with Gasteiger partial charge in [-0.1, -0.05) is 6.07 Å². The van der Waals surface area contributed by atoms with Crippen molar-refractivity contribution in [1.29, 1.82) is 0 Å². The van der Waals surface area contributed by atoms with Crippen molar-refractivity contribution < 1.29 is 9.47 Å². The molecular formula is C16H22N2O2. The van der Waals surface area contributed by atoms with Gasteiger partial charge < -0.3 is 15.2 Å². The Labute approximate surface area is 119 Å². The van der Waals surface area contributed by atoms with Crippen LogP contribution in [0.25, 0.3) is 0 Å². The van der Waals surface area contributed by atoms with E-state index >= 15 is 0 Å². The van der Waals surface area contributed by atoms with Gasteiger partial charge in [0.25, 0.3) is 0 Å². The minimum atomic E-state index is -0.0820. The standard InChI is InChI=1S/C16H22N2O2/c1-19-12-4-5-13-14(17)9-16(20-15(13)8-12)6-7-18(10-16)11-2-3-11/h4-5,8,11,14H,2-3,6-7,9-10,17H2,1H3/t14-,16?/m1/s1. The Bertz CT molecular complexity index is 529. The lowest BCUT2D eigenvalue weighted by atomic mass is 9.87. The number of methoxy groups -OCH3 is 1. The molecule has 1 aromatic carbocycles. The molecule has 1 spiro atoms. The van der Waals surface area contributed by atoms with E-state index in [9.17, 15) is 0 Å². The van der Waals surface area contributed by atoms with Crippen LogP contribution in [0.15, 0.2) is 18.2 Å². The minimum Gasteiger partial charge on any atom is -0.497 e. The van der Waals surface area contributed by atoms with Crippen LogP contribution in [0.3, 0.4) is 0 Å². The SMILES string of the molecule is COc1ccc2c(c1)OC1(CCN(C3CC3)C1)C[C@H]2N. The molecule has 4 heteroatoms. The van der Waals surface area contributed by atoms with E-state index in [1.54, 1.807) is 7.11 Å². The van der Waals surface area contributed by atoms with Crippen LogP contribution in [0.1, 0.15) is 37.3 Å². The topological polar surface area (TPSA) is 47.7 Å². The molecule has 0 bridgehead atoms. The third kappa shape index (κ3) is 1.98. The van der Waals surface area contributed by atoms with Gasteiger partial charge in [-0.3, -0.25) is 4.90 Å². The fourth-order valence-electron chi connectivity index (χ4n) is 3.70. The van der Waals surface area contributed by atoms with Crippen LogP contribution in [0.4, 0.5) is 0 Å². The molecule has 2 fully saturated rings. The second-order valence-corrected chi connectivity index (χ2v) is 6.45. The molecule has 2 atom stereocenters. The summed E-state index contributed by atoms with van der Waals surface area (Å²) in [4.78, 5) is 2.58. The van der Waals surface area contributed by atoms with E-state index in [2.05, 4.69) is 4.90 Å². The Morgan fingerprint density at radius 3 is 3.00 bits per heavy atom. The maximum Gasteiger partial charge on any atom is 0.128 e. The summed E-state index contributed by atoms with van der Waals surface area (Å²) in [6, 6.07) is 6.87. The van der Waals surface area contributed by atoms with Gasteiger partial charge >= 0.3 is 0 Å². The lowest BCUT2D eigenvalue weighted by Crippen LogP contribution is -2.45. The van der Waals surface area contributed by atoms with Gasteiger partial charge in [-0.05, 0) is 18.9 Å². The van der Waals surface area contributed by atoms with Gasteiger partial charge in [-0.25, -0.2) is 0 Å². The van der Waals surface area contributed by atoms with Crippen LogP contribution in [0, 0.1) is 0 Å². The average molecular weight is 274 g/mol. The number of ether oxygens (including phenoxy) is 2. The molecule has 4 nitrogen and oxygen atoms in total. The molecule has 4 rings (SSSR count). The van der Waals surface area contributed by atoms with Gasteiger partial charge in [0.2, 0.25) is 0 Å². The fraction of sp³-hybridized carbons (Fsp3) is 0.625. The minimum absolute atomic E-state index is 0.0730. The Hall–Kier alpha value is -1.26. The zero-order chi connectivity index (χ0) is 13.7. The Morgan fingerprint density at radius 2 is 2.25 bits per heavy atom. The van der Waals surface area contributed by atoms with Crippen molar-refractivity contribution in [2.24, 2.45) is 5.73 Å². The third-order valence-corrected chi connectivity index (χ3v) is 4.95. The van der Waals surface area contributed by atoms with Crippen molar-refractivity contribution >= 4 is 0 Å². The van der Waals surface area contributed by atoms with Crippen LogP contribution in [-0.4, -0.2) is 36.7 Å². The maximum absolute atomic E-state index is 6.40. The molecule has 0 amide bonds. The van der Waals surface area contributed by atoms with Gasteiger partial charge in [0.1, 0.15) is 17.1 Å². The summed E-state index contributed by atoms with van der Waals surface area (Å²) in [5, 5.41) is 0. The van der Waals surface area contributed by atoms with Gasteiger partial charge in [-0.15, -0.1) is 0 Å². The monoisotopic (exact) mass is 274 g/mol.